The van der Waals surface area contributed by atoms with Gasteiger partial charge < -0.3 is 9.47 Å². The Morgan fingerprint density at radius 2 is 2.21 bits per heavy atom. The van der Waals surface area contributed by atoms with Crippen LogP contribution in [-0.4, -0.2) is 39.0 Å². The summed E-state index contributed by atoms with van der Waals surface area (Å²) in [6, 6.07) is 0.282. The van der Waals surface area contributed by atoms with Gasteiger partial charge in [-0.1, -0.05) is 0 Å². The number of nitrogens with one attached hydrogen (secondary N) is 3. The fourth-order valence-corrected chi connectivity index (χ4v) is 1.83. The molecule has 84 valence electrons. The van der Waals surface area contributed by atoms with Crippen molar-refractivity contribution >= 4 is 0 Å². The molecule has 1 heterocycles. The Hall–Kier alpha value is -0.200. The summed E-state index contributed by atoms with van der Waals surface area (Å²) < 4.78 is 11.0. The Bertz CT molecular complexity index is 157. The number of hydrazine groups is 2. The summed E-state index contributed by atoms with van der Waals surface area (Å²) in [6.45, 7) is 2.87. The quantitative estimate of drug-likeness (QED) is 0.552. The molecule has 5 nitrogen and oxygen atoms in total. The molecule has 2 unspecified atom stereocenters. The molecule has 1 aliphatic rings. The fourth-order valence-electron chi connectivity index (χ4n) is 1.83. The van der Waals surface area contributed by atoms with E-state index < -0.39 is 0 Å². The van der Waals surface area contributed by atoms with Crippen LogP contribution in [0, 0.1) is 0 Å². The van der Waals surface area contributed by atoms with E-state index in [1.54, 1.807) is 7.11 Å². The Morgan fingerprint density at radius 1 is 1.43 bits per heavy atom. The minimum atomic E-state index is 0.0957. The van der Waals surface area contributed by atoms with Crippen LogP contribution in [0.4, 0.5) is 0 Å². The summed E-state index contributed by atoms with van der Waals surface area (Å²) >= 11 is 0. The van der Waals surface area contributed by atoms with Gasteiger partial charge in [-0.05, 0) is 26.8 Å². The van der Waals surface area contributed by atoms with Gasteiger partial charge in [0.25, 0.3) is 0 Å². The topological polar surface area (TPSA) is 54.5 Å². The third-order valence-corrected chi connectivity index (χ3v) is 2.55. The molecule has 5 heteroatoms. The van der Waals surface area contributed by atoms with Crippen molar-refractivity contribution in [1.82, 2.24) is 16.4 Å². The molecule has 1 rings (SSSR count). The molecule has 0 spiro atoms. The van der Waals surface area contributed by atoms with Crippen molar-refractivity contribution in [2.45, 2.75) is 38.0 Å². The number of ether oxygens (including phenoxy) is 2. The summed E-state index contributed by atoms with van der Waals surface area (Å²) in [7, 11) is 3.55. The van der Waals surface area contributed by atoms with Gasteiger partial charge in [-0.2, -0.15) is 5.53 Å². The summed E-state index contributed by atoms with van der Waals surface area (Å²) in [5.41, 5.74) is 8.91. The number of rotatable bonds is 4. The van der Waals surface area contributed by atoms with Crippen LogP contribution in [0.1, 0.15) is 19.8 Å². The lowest BCUT2D eigenvalue weighted by molar-refractivity contribution is -0.0491. The zero-order chi connectivity index (χ0) is 10.4. The highest BCUT2D eigenvalue weighted by molar-refractivity contribution is 4.82. The first-order valence-corrected chi connectivity index (χ1v) is 5.11. The second-order valence-corrected chi connectivity index (χ2v) is 3.54. The van der Waals surface area contributed by atoms with E-state index in [2.05, 4.69) is 16.4 Å². The summed E-state index contributed by atoms with van der Waals surface area (Å²) in [5.74, 6) is 0. The van der Waals surface area contributed by atoms with E-state index >= 15 is 0 Å². The van der Waals surface area contributed by atoms with Crippen molar-refractivity contribution in [2.24, 2.45) is 0 Å². The summed E-state index contributed by atoms with van der Waals surface area (Å²) in [6.07, 6.45) is 2.35. The maximum Gasteiger partial charge on any atom is 0.0996 e. The SMILES string of the molecule is CNNNC1CCCOC(C)[C@H]1OC. The van der Waals surface area contributed by atoms with Crippen LogP contribution in [0.5, 0.6) is 0 Å². The van der Waals surface area contributed by atoms with Crippen molar-refractivity contribution in [3.63, 3.8) is 0 Å². The van der Waals surface area contributed by atoms with Crippen LogP contribution in [0.2, 0.25) is 0 Å². The maximum absolute atomic E-state index is 5.60. The molecule has 3 N–H and O–H groups in total. The van der Waals surface area contributed by atoms with Crippen molar-refractivity contribution in [3.8, 4) is 0 Å². The molecule has 14 heavy (non-hydrogen) atoms. The highest BCUT2D eigenvalue weighted by Gasteiger charge is 2.29. The van der Waals surface area contributed by atoms with Gasteiger partial charge in [-0.25, -0.2) is 10.9 Å². The van der Waals surface area contributed by atoms with Gasteiger partial charge in [0, 0.05) is 13.7 Å². The molecule has 1 fully saturated rings. The molecule has 0 saturated carbocycles. The van der Waals surface area contributed by atoms with Gasteiger partial charge in [0.05, 0.1) is 18.2 Å². The number of hydrogen-bond donors (Lipinski definition) is 3. The predicted octanol–water partition coefficient (Wildman–Crippen LogP) is -0.202. The van der Waals surface area contributed by atoms with Crippen LogP contribution < -0.4 is 16.4 Å². The van der Waals surface area contributed by atoms with Gasteiger partial charge in [-0.15, -0.1) is 0 Å². The Labute approximate surface area is 85.5 Å². The lowest BCUT2D eigenvalue weighted by Crippen LogP contribution is -2.54. The van der Waals surface area contributed by atoms with E-state index in [1.165, 1.54) is 0 Å². The second-order valence-electron chi connectivity index (χ2n) is 3.54. The van der Waals surface area contributed by atoms with Crippen LogP contribution >= 0.6 is 0 Å². The Morgan fingerprint density at radius 3 is 2.86 bits per heavy atom. The molecular weight excluding hydrogens is 182 g/mol. The standard InChI is InChI=1S/C9H21N3O2/c1-7-9(13-3)8(11-12-10-2)5-4-6-14-7/h7-12H,4-6H2,1-3H3/t7?,8?,9-/m1/s1. The molecule has 0 radical (unpaired) electrons. The monoisotopic (exact) mass is 203 g/mol. The highest BCUT2D eigenvalue weighted by Crippen LogP contribution is 2.16. The maximum atomic E-state index is 5.60. The number of methoxy groups -OCH3 is 1. The first-order valence-electron chi connectivity index (χ1n) is 5.11. The Balaban J connectivity index is 2.48. The Kier molecular flexibility index (Phi) is 5.36. The van der Waals surface area contributed by atoms with Crippen molar-refractivity contribution in [3.05, 3.63) is 0 Å². The van der Waals surface area contributed by atoms with Gasteiger partial charge in [0.1, 0.15) is 0 Å². The van der Waals surface area contributed by atoms with Gasteiger partial charge in [0.2, 0.25) is 0 Å². The predicted molar refractivity (Wildman–Crippen MR) is 54.6 cm³/mol. The normalized spacial score (nSPS) is 34.1. The van der Waals surface area contributed by atoms with Crippen LogP contribution in [0.15, 0.2) is 0 Å². The molecule has 0 aromatic carbocycles. The summed E-state index contributed by atoms with van der Waals surface area (Å²) in [4.78, 5) is 0. The average Bonchev–Trinajstić information content (AvgIpc) is 2.36. The third kappa shape index (κ3) is 3.18. The molecule has 0 aromatic heterocycles. The van der Waals surface area contributed by atoms with Gasteiger partial charge in [0.15, 0.2) is 0 Å². The first kappa shape index (κ1) is 11.9. The molecule has 1 saturated heterocycles. The zero-order valence-corrected chi connectivity index (χ0v) is 9.17. The smallest absolute Gasteiger partial charge is 0.0996 e. The van der Waals surface area contributed by atoms with E-state index in [0.29, 0.717) is 0 Å². The minimum absolute atomic E-state index is 0.0957. The van der Waals surface area contributed by atoms with Crippen molar-refractivity contribution < 1.29 is 9.47 Å². The lowest BCUT2D eigenvalue weighted by Gasteiger charge is -2.28. The van der Waals surface area contributed by atoms with E-state index in [1.807, 2.05) is 14.0 Å². The average molecular weight is 203 g/mol. The molecule has 0 aromatic rings. The van der Waals surface area contributed by atoms with Crippen LogP contribution in [0.3, 0.4) is 0 Å². The van der Waals surface area contributed by atoms with Crippen molar-refractivity contribution in [2.75, 3.05) is 20.8 Å². The zero-order valence-electron chi connectivity index (χ0n) is 9.17. The van der Waals surface area contributed by atoms with E-state index in [9.17, 15) is 0 Å². The molecular formula is C9H21N3O2. The highest BCUT2D eigenvalue weighted by atomic mass is 16.5. The molecule has 1 aliphatic heterocycles. The van der Waals surface area contributed by atoms with Crippen LogP contribution in [-0.2, 0) is 9.47 Å². The van der Waals surface area contributed by atoms with Gasteiger partial charge >= 0.3 is 0 Å². The second kappa shape index (κ2) is 6.31. The van der Waals surface area contributed by atoms with E-state index in [-0.39, 0.29) is 18.2 Å². The molecule has 0 amide bonds. The third-order valence-electron chi connectivity index (χ3n) is 2.55. The van der Waals surface area contributed by atoms with Crippen molar-refractivity contribution in [1.29, 1.82) is 0 Å². The van der Waals surface area contributed by atoms with Crippen LogP contribution in [0.25, 0.3) is 0 Å². The lowest BCUT2D eigenvalue weighted by atomic mass is 10.0. The van der Waals surface area contributed by atoms with E-state index in [4.69, 9.17) is 9.47 Å². The van der Waals surface area contributed by atoms with E-state index in [0.717, 1.165) is 19.4 Å². The molecule has 0 bridgehead atoms. The fraction of sp³-hybridized carbons (Fsp3) is 1.00. The molecule has 3 atom stereocenters. The first-order chi connectivity index (χ1) is 6.79. The molecule has 0 aliphatic carbocycles. The van der Waals surface area contributed by atoms with Gasteiger partial charge in [-0.3, -0.25) is 0 Å². The largest absolute Gasteiger partial charge is 0.377 e. The minimum Gasteiger partial charge on any atom is -0.377 e. The summed E-state index contributed by atoms with van der Waals surface area (Å²) in [5, 5.41) is 0. The number of hydrogen-bond acceptors (Lipinski definition) is 5.